The molecule has 54 valence electrons. The SMILES string of the molecule is C=Cc1cc(COC)[nH]n1. The van der Waals surface area contributed by atoms with Gasteiger partial charge in [-0.15, -0.1) is 0 Å². The zero-order valence-electron chi connectivity index (χ0n) is 5.92. The van der Waals surface area contributed by atoms with Crippen LogP contribution in [0.2, 0.25) is 0 Å². The fourth-order valence-corrected chi connectivity index (χ4v) is 0.713. The van der Waals surface area contributed by atoms with Crippen molar-refractivity contribution in [2.75, 3.05) is 7.11 Å². The third-order valence-corrected chi connectivity index (χ3v) is 1.16. The molecule has 1 rings (SSSR count). The first-order valence-corrected chi connectivity index (χ1v) is 3.02. The van der Waals surface area contributed by atoms with Gasteiger partial charge in [-0.2, -0.15) is 5.10 Å². The van der Waals surface area contributed by atoms with Crippen molar-refractivity contribution < 1.29 is 4.74 Å². The summed E-state index contributed by atoms with van der Waals surface area (Å²) >= 11 is 0. The summed E-state index contributed by atoms with van der Waals surface area (Å²) in [6.45, 7) is 4.15. The molecule has 0 amide bonds. The minimum absolute atomic E-state index is 0.570. The summed E-state index contributed by atoms with van der Waals surface area (Å²) in [7, 11) is 1.65. The van der Waals surface area contributed by atoms with Crippen LogP contribution in [0.1, 0.15) is 11.4 Å². The molecule has 0 saturated heterocycles. The first-order valence-electron chi connectivity index (χ1n) is 3.02. The van der Waals surface area contributed by atoms with Crippen LogP contribution in [-0.4, -0.2) is 17.3 Å². The van der Waals surface area contributed by atoms with Crippen LogP contribution in [0.25, 0.3) is 6.08 Å². The lowest BCUT2D eigenvalue weighted by atomic mass is 10.4. The van der Waals surface area contributed by atoms with Crippen molar-refractivity contribution >= 4 is 6.08 Å². The number of ether oxygens (including phenoxy) is 1. The number of nitrogens with one attached hydrogen (secondary N) is 1. The zero-order valence-corrected chi connectivity index (χ0v) is 5.92. The second-order valence-electron chi connectivity index (χ2n) is 1.96. The fourth-order valence-electron chi connectivity index (χ4n) is 0.713. The molecule has 0 aromatic carbocycles. The van der Waals surface area contributed by atoms with Crippen LogP contribution >= 0.6 is 0 Å². The molecule has 1 aromatic rings. The smallest absolute Gasteiger partial charge is 0.0878 e. The van der Waals surface area contributed by atoms with Gasteiger partial charge in [0.15, 0.2) is 0 Å². The van der Waals surface area contributed by atoms with Gasteiger partial charge in [0.1, 0.15) is 0 Å². The average Bonchev–Trinajstić information content (AvgIpc) is 2.37. The summed E-state index contributed by atoms with van der Waals surface area (Å²) in [6.07, 6.45) is 1.69. The van der Waals surface area contributed by atoms with Crippen LogP contribution in [0, 0.1) is 0 Å². The van der Waals surface area contributed by atoms with Crippen molar-refractivity contribution in [1.82, 2.24) is 10.2 Å². The van der Waals surface area contributed by atoms with Gasteiger partial charge in [-0.05, 0) is 12.1 Å². The molecule has 0 aliphatic rings. The van der Waals surface area contributed by atoms with E-state index in [9.17, 15) is 0 Å². The Kier molecular flexibility index (Phi) is 2.23. The Hall–Kier alpha value is -1.09. The third kappa shape index (κ3) is 1.45. The molecule has 0 aliphatic carbocycles. The molecule has 0 radical (unpaired) electrons. The van der Waals surface area contributed by atoms with Crippen LogP contribution in [0.4, 0.5) is 0 Å². The lowest BCUT2D eigenvalue weighted by molar-refractivity contribution is 0.181. The normalized spacial score (nSPS) is 9.70. The number of nitrogens with zero attached hydrogens (tertiary/aromatic N) is 1. The minimum Gasteiger partial charge on any atom is -0.378 e. The number of H-pyrrole nitrogens is 1. The molecule has 0 aliphatic heterocycles. The molecule has 1 aromatic heterocycles. The number of aromatic amines is 1. The summed E-state index contributed by atoms with van der Waals surface area (Å²) in [5, 5.41) is 6.74. The van der Waals surface area contributed by atoms with E-state index in [2.05, 4.69) is 16.8 Å². The van der Waals surface area contributed by atoms with Crippen molar-refractivity contribution in [1.29, 1.82) is 0 Å². The van der Waals surface area contributed by atoms with Gasteiger partial charge < -0.3 is 4.74 Å². The van der Waals surface area contributed by atoms with Gasteiger partial charge in [0, 0.05) is 7.11 Å². The number of aromatic nitrogens is 2. The Labute approximate surface area is 59.7 Å². The van der Waals surface area contributed by atoms with Crippen molar-refractivity contribution in [3.8, 4) is 0 Å². The number of rotatable bonds is 3. The number of hydrogen-bond donors (Lipinski definition) is 1. The van der Waals surface area contributed by atoms with E-state index in [4.69, 9.17) is 4.74 Å². The van der Waals surface area contributed by atoms with Gasteiger partial charge in [-0.1, -0.05) is 6.58 Å². The van der Waals surface area contributed by atoms with E-state index in [1.165, 1.54) is 0 Å². The van der Waals surface area contributed by atoms with Gasteiger partial charge in [0.05, 0.1) is 18.0 Å². The predicted octanol–water partition coefficient (Wildman–Crippen LogP) is 1.20. The molecule has 0 saturated carbocycles. The quantitative estimate of drug-likeness (QED) is 0.681. The molecule has 3 heteroatoms. The van der Waals surface area contributed by atoms with Gasteiger partial charge >= 0.3 is 0 Å². The van der Waals surface area contributed by atoms with E-state index >= 15 is 0 Å². The Balaban J connectivity index is 2.68. The lowest BCUT2D eigenvalue weighted by Crippen LogP contribution is -1.85. The van der Waals surface area contributed by atoms with Crippen LogP contribution in [0.15, 0.2) is 12.6 Å². The molecule has 0 unspecified atom stereocenters. The maximum absolute atomic E-state index is 4.88. The summed E-state index contributed by atoms with van der Waals surface area (Å²) < 4.78 is 4.88. The Bertz CT molecular complexity index is 217. The first-order chi connectivity index (χ1) is 4.86. The van der Waals surface area contributed by atoms with E-state index < -0.39 is 0 Å². The minimum atomic E-state index is 0.570. The molecule has 10 heavy (non-hydrogen) atoms. The second-order valence-corrected chi connectivity index (χ2v) is 1.96. The standard InChI is InChI=1S/C7H10N2O/c1-3-6-4-7(5-10-2)9-8-6/h3-4H,1,5H2,2H3,(H,8,9). The highest BCUT2D eigenvalue weighted by molar-refractivity contribution is 5.41. The molecule has 1 N–H and O–H groups in total. The summed E-state index contributed by atoms with van der Waals surface area (Å²) in [4.78, 5) is 0. The third-order valence-electron chi connectivity index (χ3n) is 1.16. The van der Waals surface area contributed by atoms with E-state index in [0.717, 1.165) is 11.4 Å². The molecule has 1 heterocycles. The second kappa shape index (κ2) is 3.17. The Morgan fingerprint density at radius 1 is 1.90 bits per heavy atom. The summed E-state index contributed by atoms with van der Waals surface area (Å²) in [5.41, 5.74) is 1.82. The lowest BCUT2D eigenvalue weighted by Gasteiger charge is -1.89. The molecule has 0 bridgehead atoms. The highest BCUT2D eigenvalue weighted by atomic mass is 16.5. The van der Waals surface area contributed by atoms with Crippen LogP contribution in [0.3, 0.4) is 0 Å². The number of methoxy groups -OCH3 is 1. The average molecular weight is 138 g/mol. The summed E-state index contributed by atoms with van der Waals surface area (Å²) in [6, 6.07) is 1.90. The van der Waals surface area contributed by atoms with Crippen LogP contribution < -0.4 is 0 Å². The largest absolute Gasteiger partial charge is 0.378 e. The highest BCUT2D eigenvalue weighted by Gasteiger charge is 1.94. The van der Waals surface area contributed by atoms with Gasteiger partial charge in [0.25, 0.3) is 0 Å². The number of hydrogen-bond acceptors (Lipinski definition) is 2. The van der Waals surface area contributed by atoms with Crippen LogP contribution in [0.5, 0.6) is 0 Å². The molecule has 3 nitrogen and oxygen atoms in total. The molecule has 0 atom stereocenters. The predicted molar refractivity (Wildman–Crippen MR) is 39.4 cm³/mol. The van der Waals surface area contributed by atoms with Gasteiger partial charge in [-0.3, -0.25) is 5.10 Å². The zero-order chi connectivity index (χ0) is 7.40. The van der Waals surface area contributed by atoms with E-state index in [0.29, 0.717) is 6.61 Å². The Morgan fingerprint density at radius 2 is 2.70 bits per heavy atom. The molecule has 0 spiro atoms. The maximum atomic E-state index is 4.88. The highest BCUT2D eigenvalue weighted by Crippen LogP contribution is 2.00. The van der Waals surface area contributed by atoms with Crippen molar-refractivity contribution in [2.24, 2.45) is 0 Å². The molecule has 0 fully saturated rings. The van der Waals surface area contributed by atoms with E-state index in [-0.39, 0.29) is 0 Å². The van der Waals surface area contributed by atoms with E-state index in [1.807, 2.05) is 6.07 Å². The Morgan fingerprint density at radius 3 is 3.20 bits per heavy atom. The molecular formula is C7H10N2O. The monoisotopic (exact) mass is 138 g/mol. The van der Waals surface area contributed by atoms with Crippen molar-refractivity contribution in [3.05, 3.63) is 24.0 Å². The van der Waals surface area contributed by atoms with Gasteiger partial charge in [0.2, 0.25) is 0 Å². The molecular weight excluding hydrogens is 128 g/mol. The topological polar surface area (TPSA) is 37.9 Å². The summed E-state index contributed by atoms with van der Waals surface area (Å²) in [5.74, 6) is 0. The van der Waals surface area contributed by atoms with Gasteiger partial charge in [-0.25, -0.2) is 0 Å². The van der Waals surface area contributed by atoms with E-state index in [1.54, 1.807) is 13.2 Å². The first kappa shape index (κ1) is 7.02. The van der Waals surface area contributed by atoms with Crippen molar-refractivity contribution in [2.45, 2.75) is 6.61 Å². The fraction of sp³-hybridized carbons (Fsp3) is 0.286. The van der Waals surface area contributed by atoms with Crippen molar-refractivity contribution in [3.63, 3.8) is 0 Å². The van der Waals surface area contributed by atoms with Crippen LogP contribution in [-0.2, 0) is 11.3 Å². The maximum Gasteiger partial charge on any atom is 0.0878 e.